The number of anilines is 1. The predicted molar refractivity (Wildman–Crippen MR) is 85.5 cm³/mol. The molecule has 2 saturated carbocycles. The van der Waals surface area contributed by atoms with E-state index in [1.54, 1.807) is 11.3 Å². The zero-order valence-corrected chi connectivity index (χ0v) is 13.1. The van der Waals surface area contributed by atoms with Crippen LogP contribution in [-0.2, 0) is 13.1 Å². The van der Waals surface area contributed by atoms with Gasteiger partial charge < -0.3 is 10.2 Å². The van der Waals surface area contributed by atoms with Crippen molar-refractivity contribution in [1.82, 2.24) is 10.3 Å². The van der Waals surface area contributed by atoms with Gasteiger partial charge in [-0.25, -0.2) is 4.98 Å². The Labute approximate surface area is 127 Å². The second-order valence-corrected chi connectivity index (χ2v) is 7.63. The minimum absolute atomic E-state index is 0.713. The Bertz CT molecular complexity index is 555. The molecule has 1 N–H and O–H groups in total. The molecule has 20 heavy (non-hydrogen) atoms. The van der Waals surface area contributed by atoms with Crippen LogP contribution in [0.3, 0.4) is 0 Å². The monoisotopic (exact) mass is 305 g/mol. The smallest absolute Gasteiger partial charge is 0.186 e. The fourth-order valence-electron chi connectivity index (χ4n) is 2.36. The Morgan fingerprint density at radius 1 is 1.30 bits per heavy atom. The van der Waals surface area contributed by atoms with Crippen LogP contribution < -0.4 is 10.2 Å². The van der Waals surface area contributed by atoms with Gasteiger partial charge in [0.25, 0.3) is 0 Å². The van der Waals surface area contributed by atoms with Crippen LogP contribution in [0.25, 0.3) is 0 Å². The summed E-state index contributed by atoms with van der Waals surface area (Å²) in [5, 5.41) is 9.18. The lowest BCUT2D eigenvalue weighted by Gasteiger charge is -2.20. The van der Waals surface area contributed by atoms with E-state index in [2.05, 4.69) is 38.2 Å². The molecule has 2 aliphatic carbocycles. The van der Waals surface area contributed by atoms with E-state index < -0.39 is 0 Å². The van der Waals surface area contributed by atoms with Gasteiger partial charge in [-0.1, -0.05) is 0 Å². The topological polar surface area (TPSA) is 28.2 Å². The summed E-state index contributed by atoms with van der Waals surface area (Å²) in [7, 11) is 0. The van der Waals surface area contributed by atoms with Crippen molar-refractivity contribution in [1.29, 1.82) is 0 Å². The van der Waals surface area contributed by atoms with Crippen molar-refractivity contribution in [2.24, 2.45) is 0 Å². The summed E-state index contributed by atoms with van der Waals surface area (Å²) in [4.78, 5) is 8.52. The van der Waals surface area contributed by atoms with Gasteiger partial charge in [0.05, 0.1) is 0 Å². The van der Waals surface area contributed by atoms with Gasteiger partial charge in [0, 0.05) is 36.2 Å². The first-order chi connectivity index (χ1) is 9.88. The van der Waals surface area contributed by atoms with Gasteiger partial charge in [0.15, 0.2) is 5.13 Å². The zero-order chi connectivity index (χ0) is 13.4. The molecule has 2 fully saturated rings. The van der Waals surface area contributed by atoms with Crippen molar-refractivity contribution >= 4 is 27.8 Å². The number of nitrogens with one attached hydrogen (secondary N) is 1. The predicted octanol–water partition coefficient (Wildman–Crippen LogP) is 3.63. The molecule has 0 amide bonds. The van der Waals surface area contributed by atoms with E-state index in [9.17, 15) is 0 Å². The maximum Gasteiger partial charge on any atom is 0.186 e. The number of hydrogen-bond donors (Lipinski definition) is 1. The molecule has 0 spiro atoms. The molecule has 0 aromatic carbocycles. The van der Waals surface area contributed by atoms with Crippen molar-refractivity contribution in [3.8, 4) is 0 Å². The molecule has 2 aromatic rings. The van der Waals surface area contributed by atoms with Gasteiger partial charge in [-0.05, 0) is 48.1 Å². The summed E-state index contributed by atoms with van der Waals surface area (Å²) in [6.07, 6.45) is 7.38. The Balaban J connectivity index is 1.45. The van der Waals surface area contributed by atoms with Crippen molar-refractivity contribution < 1.29 is 0 Å². The molecule has 0 unspecified atom stereocenters. The number of nitrogens with zero attached hydrogens (tertiary/aromatic N) is 2. The van der Waals surface area contributed by atoms with Crippen LogP contribution in [0.4, 0.5) is 5.13 Å². The molecule has 0 bridgehead atoms. The summed E-state index contributed by atoms with van der Waals surface area (Å²) < 4.78 is 0. The maximum atomic E-state index is 4.66. The number of thiophene rings is 1. The van der Waals surface area contributed by atoms with Gasteiger partial charge in [0.1, 0.15) is 0 Å². The average Bonchev–Trinajstić information content (AvgIpc) is 3.37. The fraction of sp³-hybridized carbons (Fsp3) is 0.533. The largest absolute Gasteiger partial charge is 0.341 e. The van der Waals surface area contributed by atoms with E-state index in [1.165, 1.54) is 41.3 Å². The van der Waals surface area contributed by atoms with Crippen molar-refractivity contribution in [3.63, 3.8) is 0 Å². The van der Waals surface area contributed by atoms with Crippen LogP contribution in [0, 0.1) is 0 Å². The number of aromatic nitrogens is 1. The highest BCUT2D eigenvalue weighted by Gasteiger charge is 2.31. The van der Waals surface area contributed by atoms with Crippen molar-refractivity contribution in [2.75, 3.05) is 4.90 Å². The Morgan fingerprint density at radius 2 is 2.20 bits per heavy atom. The Kier molecular flexibility index (Phi) is 3.50. The maximum absolute atomic E-state index is 4.66. The lowest BCUT2D eigenvalue weighted by Crippen LogP contribution is -2.24. The third kappa shape index (κ3) is 3.05. The normalized spacial score (nSPS) is 18.4. The number of thiazole rings is 1. The fourth-order valence-corrected chi connectivity index (χ4v) is 3.95. The van der Waals surface area contributed by atoms with E-state index in [4.69, 9.17) is 0 Å². The molecule has 4 rings (SSSR count). The quantitative estimate of drug-likeness (QED) is 0.847. The summed E-state index contributed by atoms with van der Waals surface area (Å²) in [6.45, 7) is 2.00. The van der Waals surface area contributed by atoms with E-state index in [1.807, 2.05) is 11.3 Å². The van der Waals surface area contributed by atoms with Crippen molar-refractivity contribution in [3.05, 3.63) is 33.5 Å². The highest BCUT2D eigenvalue weighted by Crippen LogP contribution is 2.35. The van der Waals surface area contributed by atoms with E-state index >= 15 is 0 Å². The molecule has 0 radical (unpaired) electrons. The molecule has 2 heterocycles. The van der Waals surface area contributed by atoms with Crippen LogP contribution in [0.2, 0.25) is 0 Å². The lowest BCUT2D eigenvalue weighted by molar-refractivity contribution is 0.694. The Morgan fingerprint density at radius 3 is 2.90 bits per heavy atom. The SMILES string of the molecule is c1cc(CN(c2ncc(CNC3CC3)s2)C2CC2)cs1. The third-order valence-electron chi connectivity index (χ3n) is 3.85. The first-order valence-corrected chi connectivity index (χ1v) is 9.10. The zero-order valence-electron chi connectivity index (χ0n) is 11.4. The summed E-state index contributed by atoms with van der Waals surface area (Å²) >= 11 is 3.64. The molecular weight excluding hydrogens is 286 g/mol. The van der Waals surface area contributed by atoms with Gasteiger partial charge >= 0.3 is 0 Å². The Hall–Kier alpha value is -0.910. The van der Waals surface area contributed by atoms with Gasteiger partial charge in [-0.2, -0.15) is 11.3 Å². The molecule has 2 aromatic heterocycles. The van der Waals surface area contributed by atoms with Gasteiger partial charge in [-0.3, -0.25) is 0 Å². The van der Waals surface area contributed by atoms with E-state index in [0.29, 0.717) is 6.04 Å². The van der Waals surface area contributed by atoms with Gasteiger partial charge in [-0.15, -0.1) is 11.3 Å². The second kappa shape index (κ2) is 5.47. The molecular formula is C15H19N3S2. The standard InChI is InChI=1S/C15H19N3S2/c1-2-12(1)16-7-14-8-17-15(20-14)18(13-3-4-13)9-11-5-6-19-10-11/h5-6,8,10,12-13,16H,1-4,7,9H2. The lowest BCUT2D eigenvalue weighted by atomic mass is 10.3. The molecule has 0 atom stereocenters. The second-order valence-electron chi connectivity index (χ2n) is 5.75. The third-order valence-corrected chi connectivity index (χ3v) is 5.62. The van der Waals surface area contributed by atoms with Crippen LogP contribution >= 0.6 is 22.7 Å². The first kappa shape index (κ1) is 12.8. The van der Waals surface area contributed by atoms with Crippen LogP contribution in [-0.4, -0.2) is 17.1 Å². The van der Waals surface area contributed by atoms with Crippen LogP contribution in [0.5, 0.6) is 0 Å². The molecule has 106 valence electrons. The molecule has 0 aliphatic heterocycles. The van der Waals surface area contributed by atoms with Crippen molar-refractivity contribution in [2.45, 2.75) is 50.9 Å². The number of rotatable bonds is 7. The van der Waals surface area contributed by atoms with Crippen LogP contribution in [0.15, 0.2) is 23.0 Å². The van der Waals surface area contributed by atoms with Gasteiger partial charge in [0.2, 0.25) is 0 Å². The highest BCUT2D eigenvalue weighted by atomic mass is 32.1. The minimum Gasteiger partial charge on any atom is -0.341 e. The summed E-state index contributed by atoms with van der Waals surface area (Å²) in [6, 6.07) is 3.71. The number of hydrogen-bond acceptors (Lipinski definition) is 5. The first-order valence-electron chi connectivity index (χ1n) is 7.34. The van der Waals surface area contributed by atoms with E-state index in [0.717, 1.165) is 19.1 Å². The van der Waals surface area contributed by atoms with E-state index in [-0.39, 0.29) is 0 Å². The summed E-state index contributed by atoms with van der Waals surface area (Å²) in [5.74, 6) is 0. The molecule has 2 aliphatic rings. The van der Waals surface area contributed by atoms with Crippen LogP contribution in [0.1, 0.15) is 36.1 Å². The average molecular weight is 305 g/mol. The summed E-state index contributed by atoms with van der Waals surface area (Å²) in [5.41, 5.74) is 1.41. The molecule has 0 saturated heterocycles. The highest BCUT2D eigenvalue weighted by molar-refractivity contribution is 7.15. The molecule has 3 nitrogen and oxygen atoms in total. The minimum atomic E-state index is 0.713. The molecule has 5 heteroatoms.